The van der Waals surface area contributed by atoms with E-state index in [1.54, 1.807) is 38.6 Å². The van der Waals surface area contributed by atoms with E-state index in [4.69, 9.17) is 9.47 Å². The van der Waals surface area contributed by atoms with E-state index in [0.717, 1.165) is 22.8 Å². The van der Waals surface area contributed by atoms with Crippen LogP contribution in [0.15, 0.2) is 48.9 Å². The van der Waals surface area contributed by atoms with Crippen LogP contribution in [0.1, 0.15) is 17.0 Å². The highest BCUT2D eigenvalue weighted by molar-refractivity contribution is 5.73. The predicted molar refractivity (Wildman–Crippen MR) is 114 cm³/mol. The van der Waals surface area contributed by atoms with E-state index in [0.29, 0.717) is 31.0 Å². The van der Waals surface area contributed by atoms with Crippen molar-refractivity contribution in [1.29, 1.82) is 0 Å². The molecule has 2 aromatic heterocycles. The zero-order valence-electron chi connectivity index (χ0n) is 17.8. The molecule has 8 nitrogen and oxygen atoms in total. The summed E-state index contributed by atoms with van der Waals surface area (Å²) < 4.78 is 12.5. The number of methoxy groups -OCH3 is 2. The number of likely N-dealkylation sites (N-methyl/N-ethyl adjacent to an activating group) is 1. The lowest BCUT2D eigenvalue weighted by Gasteiger charge is -2.18. The first-order valence-electron chi connectivity index (χ1n) is 9.67. The highest BCUT2D eigenvalue weighted by Crippen LogP contribution is 2.27. The number of imidazole rings is 1. The summed E-state index contributed by atoms with van der Waals surface area (Å²) in [6.45, 7) is 2.92. The van der Waals surface area contributed by atoms with Gasteiger partial charge in [0, 0.05) is 38.7 Å². The first-order valence-corrected chi connectivity index (χ1v) is 9.67. The smallest absolute Gasteiger partial charge is 0.317 e. The first kappa shape index (κ1) is 21.2. The summed E-state index contributed by atoms with van der Waals surface area (Å²) in [6, 6.07) is 9.48. The topological polar surface area (TPSA) is 81.5 Å². The van der Waals surface area contributed by atoms with E-state index in [1.807, 2.05) is 48.0 Å². The normalized spacial score (nSPS) is 10.5. The number of nitrogens with one attached hydrogen (secondary N) is 1. The number of aryl methyl sites for hydroxylation is 1. The summed E-state index contributed by atoms with van der Waals surface area (Å²) >= 11 is 0. The number of rotatable bonds is 8. The Kier molecular flexibility index (Phi) is 6.90. The Balaban J connectivity index is 1.53. The highest BCUT2D eigenvalue weighted by Gasteiger charge is 2.11. The number of hydrogen-bond donors (Lipinski definition) is 1. The van der Waals surface area contributed by atoms with Crippen LogP contribution < -0.4 is 14.8 Å². The third-order valence-electron chi connectivity index (χ3n) is 4.86. The van der Waals surface area contributed by atoms with E-state index in [2.05, 4.69) is 15.3 Å². The lowest BCUT2D eigenvalue weighted by Crippen LogP contribution is -2.38. The summed E-state index contributed by atoms with van der Waals surface area (Å²) in [4.78, 5) is 22.7. The molecule has 0 saturated carbocycles. The second-order valence-electron chi connectivity index (χ2n) is 6.89. The minimum absolute atomic E-state index is 0.132. The Labute approximate surface area is 176 Å². The van der Waals surface area contributed by atoms with Crippen LogP contribution in [0.2, 0.25) is 0 Å². The number of ether oxygens (including phenoxy) is 2. The fraction of sp³-hybridized carbons (Fsp3) is 0.318. The van der Waals surface area contributed by atoms with E-state index in [9.17, 15) is 4.79 Å². The maximum atomic E-state index is 12.5. The van der Waals surface area contributed by atoms with Crippen molar-refractivity contribution in [3.63, 3.8) is 0 Å². The third-order valence-corrected chi connectivity index (χ3v) is 4.86. The molecule has 8 heteroatoms. The molecule has 0 fully saturated rings. The van der Waals surface area contributed by atoms with Crippen molar-refractivity contribution in [2.24, 2.45) is 0 Å². The lowest BCUT2D eigenvalue weighted by molar-refractivity contribution is 0.209. The van der Waals surface area contributed by atoms with Crippen molar-refractivity contribution in [3.8, 4) is 17.3 Å². The van der Waals surface area contributed by atoms with Gasteiger partial charge in [-0.3, -0.25) is 4.57 Å². The Morgan fingerprint density at radius 1 is 1.07 bits per heavy atom. The summed E-state index contributed by atoms with van der Waals surface area (Å²) in [5.41, 5.74) is 2.04. The molecule has 2 heterocycles. The molecule has 0 spiro atoms. The Hall–Kier alpha value is -3.55. The minimum atomic E-state index is -0.132. The third kappa shape index (κ3) is 5.08. The van der Waals surface area contributed by atoms with Crippen LogP contribution in [0.5, 0.6) is 11.5 Å². The van der Waals surface area contributed by atoms with Crippen LogP contribution in [0.4, 0.5) is 4.79 Å². The molecule has 3 aromatic rings. The quantitative estimate of drug-likeness (QED) is 0.619. The lowest BCUT2D eigenvalue weighted by atomic mass is 10.1. The van der Waals surface area contributed by atoms with Crippen molar-refractivity contribution >= 4 is 6.03 Å². The molecule has 0 saturated heterocycles. The van der Waals surface area contributed by atoms with Crippen LogP contribution >= 0.6 is 0 Å². The average molecular weight is 409 g/mol. The SMILES string of the molecule is COc1ccc(CCN(C)C(=O)NCc2ccnc(-n3ccnc3C)c2)cc1OC. The van der Waals surface area contributed by atoms with Gasteiger partial charge in [0.25, 0.3) is 0 Å². The summed E-state index contributed by atoms with van der Waals surface area (Å²) in [7, 11) is 5.00. The predicted octanol–water partition coefficient (Wildman–Crippen LogP) is 2.98. The molecule has 3 rings (SSSR count). The fourth-order valence-corrected chi connectivity index (χ4v) is 3.07. The Bertz CT molecular complexity index is 1000. The molecule has 0 atom stereocenters. The number of aromatic nitrogens is 3. The maximum absolute atomic E-state index is 12.5. The van der Waals surface area contributed by atoms with Gasteiger partial charge in [0.2, 0.25) is 0 Å². The summed E-state index contributed by atoms with van der Waals surface area (Å²) in [5, 5.41) is 2.95. The number of nitrogens with zero attached hydrogens (tertiary/aromatic N) is 4. The van der Waals surface area contributed by atoms with Gasteiger partial charge in [0.1, 0.15) is 11.6 Å². The number of amides is 2. The number of benzene rings is 1. The van der Waals surface area contributed by atoms with Crippen molar-refractivity contribution in [2.45, 2.75) is 19.9 Å². The van der Waals surface area contributed by atoms with E-state index in [1.165, 1.54) is 0 Å². The highest BCUT2D eigenvalue weighted by atomic mass is 16.5. The molecule has 0 aliphatic heterocycles. The molecule has 158 valence electrons. The van der Waals surface area contributed by atoms with Gasteiger partial charge in [-0.25, -0.2) is 14.8 Å². The van der Waals surface area contributed by atoms with Gasteiger partial charge in [0.05, 0.1) is 14.2 Å². The number of carbonyl (C=O) groups excluding carboxylic acids is 1. The second-order valence-corrected chi connectivity index (χ2v) is 6.89. The van der Waals surface area contributed by atoms with Gasteiger partial charge in [-0.2, -0.15) is 0 Å². The zero-order valence-corrected chi connectivity index (χ0v) is 17.8. The largest absolute Gasteiger partial charge is 0.493 e. The van der Waals surface area contributed by atoms with Gasteiger partial charge in [-0.1, -0.05) is 6.07 Å². The number of pyridine rings is 1. The molecule has 2 amide bonds. The Morgan fingerprint density at radius 3 is 2.57 bits per heavy atom. The fourth-order valence-electron chi connectivity index (χ4n) is 3.07. The molecule has 0 aliphatic carbocycles. The van der Waals surface area contributed by atoms with Crippen LogP contribution in [0.25, 0.3) is 5.82 Å². The second kappa shape index (κ2) is 9.78. The standard InChI is InChI=1S/C22H27N5O3/c1-16-23-10-12-27(16)21-14-18(7-9-24-21)15-25-22(28)26(2)11-8-17-5-6-19(29-3)20(13-17)30-4/h5-7,9-10,12-14H,8,11,15H2,1-4H3,(H,25,28). The molecular formula is C22H27N5O3. The Morgan fingerprint density at radius 2 is 1.87 bits per heavy atom. The van der Waals surface area contributed by atoms with Crippen LogP contribution in [0, 0.1) is 6.92 Å². The molecule has 1 N–H and O–H groups in total. The minimum Gasteiger partial charge on any atom is -0.493 e. The molecule has 0 unspecified atom stereocenters. The van der Waals surface area contributed by atoms with Gasteiger partial charge in [0.15, 0.2) is 11.5 Å². The van der Waals surface area contributed by atoms with Gasteiger partial charge >= 0.3 is 6.03 Å². The van der Waals surface area contributed by atoms with Crippen molar-refractivity contribution in [1.82, 2.24) is 24.8 Å². The van der Waals surface area contributed by atoms with Crippen LogP contribution in [0.3, 0.4) is 0 Å². The number of hydrogen-bond acceptors (Lipinski definition) is 5. The molecule has 1 aromatic carbocycles. The van der Waals surface area contributed by atoms with Crippen molar-refractivity contribution < 1.29 is 14.3 Å². The van der Waals surface area contributed by atoms with E-state index >= 15 is 0 Å². The van der Waals surface area contributed by atoms with Crippen LogP contribution in [-0.4, -0.2) is 53.3 Å². The summed E-state index contributed by atoms with van der Waals surface area (Å²) in [6.07, 6.45) is 6.04. The summed E-state index contributed by atoms with van der Waals surface area (Å²) in [5.74, 6) is 3.01. The van der Waals surface area contributed by atoms with Gasteiger partial charge < -0.3 is 19.7 Å². The molecule has 0 bridgehead atoms. The molecular weight excluding hydrogens is 382 g/mol. The number of carbonyl (C=O) groups is 1. The van der Waals surface area contributed by atoms with Gasteiger partial charge in [-0.15, -0.1) is 0 Å². The van der Waals surface area contributed by atoms with E-state index < -0.39 is 0 Å². The number of urea groups is 1. The molecule has 30 heavy (non-hydrogen) atoms. The first-order chi connectivity index (χ1) is 14.5. The average Bonchev–Trinajstić information content (AvgIpc) is 3.21. The monoisotopic (exact) mass is 409 g/mol. The van der Waals surface area contributed by atoms with Crippen molar-refractivity contribution in [2.75, 3.05) is 27.8 Å². The molecule has 0 aliphatic rings. The van der Waals surface area contributed by atoms with Gasteiger partial charge in [-0.05, 0) is 48.7 Å². The maximum Gasteiger partial charge on any atom is 0.317 e. The molecule has 0 radical (unpaired) electrons. The van der Waals surface area contributed by atoms with Crippen LogP contribution in [-0.2, 0) is 13.0 Å². The van der Waals surface area contributed by atoms with Crippen molar-refractivity contribution in [3.05, 3.63) is 65.9 Å². The van der Waals surface area contributed by atoms with E-state index in [-0.39, 0.29) is 6.03 Å². The zero-order chi connectivity index (χ0) is 21.5.